The van der Waals surface area contributed by atoms with Crippen LogP contribution in [0.3, 0.4) is 0 Å². The molecule has 1 atom stereocenters. The summed E-state index contributed by atoms with van der Waals surface area (Å²) in [7, 11) is 0. The van der Waals surface area contributed by atoms with Crippen molar-refractivity contribution >= 4 is 11.6 Å². The van der Waals surface area contributed by atoms with Gasteiger partial charge in [-0.25, -0.2) is 0 Å². The maximum Gasteiger partial charge on any atom is 0.271 e. The zero-order valence-corrected chi connectivity index (χ0v) is 8.79. The number of carbonyl (C=O) groups excluding carboxylic acids is 1. The van der Waals surface area contributed by atoms with Crippen molar-refractivity contribution in [3.63, 3.8) is 0 Å². The Labute approximate surface area is 88.4 Å². The highest BCUT2D eigenvalue weighted by Crippen LogP contribution is 2.29. The average Bonchev–Trinajstić information content (AvgIpc) is 2.47. The van der Waals surface area contributed by atoms with Gasteiger partial charge in [0.25, 0.3) is 5.91 Å². The largest absolute Gasteiger partial charge is 0.396 e. The number of nitrogens with zero attached hydrogens (tertiary/aromatic N) is 1. The molecule has 1 aliphatic rings. The van der Waals surface area contributed by atoms with Crippen molar-refractivity contribution in [2.45, 2.75) is 32.2 Å². The molecule has 15 heavy (non-hydrogen) atoms. The summed E-state index contributed by atoms with van der Waals surface area (Å²) in [6.45, 7) is 2.04. The Bertz CT molecular complexity index is 356. The highest BCUT2D eigenvalue weighted by molar-refractivity contribution is 5.97. The number of amides is 1. The molecule has 1 aromatic heterocycles. The van der Waals surface area contributed by atoms with Crippen LogP contribution in [0.1, 0.15) is 36.7 Å². The molecule has 0 aromatic carbocycles. The van der Waals surface area contributed by atoms with E-state index in [2.05, 4.69) is 15.5 Å². The molecular weight excluding hydrogens is 192 g/mol. The Morgan fingerprint density at radius 3 is 2.93 bits per heavy atom. The number of aromatic nitrogens is 2. The van der Waals surface area contributed by atoms with E-state index in [0.717, 1.165) is 0 Å². The number of anilines is 1. The second-order valence-electron chi connectivity index (χ2n) is 4.15. The minimum atomic E-state index is -0.163. The normalized spacial score (nSPS) is 18.2. The lowest BCUT2D eigenvalue weighted by Crippen LogP contribution is -2.41. The van der Waals surface area contributed by atoms with E-state index in [1.54, 1.807) is 0 Å². The van der Waals surface area contributed by atoms with Gasteiger partial charge in [0.05, 0.1) is 11.9 Å². The number of H-pyrrole nitrogens is 1. The molecule has 5 heteroatoms. The first-order valence-corrected chi connectivity index (χ1v) is 5.28. The van der Waals surface area contributed by atoms with Crippen LogP contribution < -0.4 is 11.1 Å². The van der Waals surface area contributed by atoms with E-state index in [4.69, 9.17) is 5.73 Å². The monoisotopic (exact) mass is 208 g/mol. The molecular formula is C10H16N4O. The van der Waals surface area contributed by atoms with Gasteiger partial charge < -0.3 is 11.1 Å². The third-order valence-electron chi connectivity index (χ3n) is 3.11. The number of rotatable bonds is 3. The molecule has 4 N–H and O–H groups in total. The first kappa shape index (κ1) is 10.0. The van der Waals surface area contributed by atoms with Gasteiger partial charge in [-0.15, -0.1) is 0 Å². The van der Waals surface area contributed by atoms with Gasteiger partial charge >= 0.3 is 0 Å². The van der Waals surface area contributed by atoms with E-state index in [-0.39, 0.29) is 11.9 Å². The third kappa shape index (κ3) is 1.95. The second-order valence-corrected chi connectivity index (χ2v) is 4.15. The van der Waals surface area contributed by atoms with Crippen LogP contribution in [0, 0.1) is 5.92 Å². The van der Waals surface area contributed by atoms with Gasteiger partial charge in [0.2, 0.25) is 0 Å². The van der Waals surface area contributed by atoms with Crippen molar-refractivity contribution in [3.05, 3.63) is 11.9 Å². The number of nitrogens with two attached hydrogens (primary N) is 1. The third-order valence-corrected chi connectivity index (χ3v) is 3.11. The predicted octanol–water partition coefficient (Wildman–Crippen LogP) is 0.910. The van der Waals surface area contributed by atoms with Crippen LogP contribution in [0.25, 0.3) is 0 Å². The summed E-state index contributed by atoms with van der Waals surface area (Å²) in [5.41, 5.74) is 6.34. The maximum atomic E-state index is 11.7. The number of carbonyl (C=O) groups is 1. The highest BCUT2D eigenvalue weighted by atomic mass is 16.2. The maximum absolute atomic E-state index is 11.7. The lowest BCUT2D eigenvalue weighted by molar-refractivity contribution is 0.0905. The first-order chi connectivity index (χ1) is 7.18. The number of nitrogens with one attached hydrogen (secondary N) is 2. The van der Waals surface area contributed by atoms with Crippen LogP contribution in [0.4, 0.5) is 5.69 Å². The molecule has 82 valence electrons. The topological polar surface area (TPSA) is 83.8 Å². The Morgan fingerprint density at radius 1 is 1.73 bits per heavy atom. The summed E-state index contributed by atoms with van der Waals surface area (Å²) in [6, 6.07) is 0.217. The van der Waals surface area contributed by atoms with Crippen molar-refractivity contribution in [2.75, 3.05) is 5.73 Å². The lowest BCUT2D eigenvalue weighted by Gasteiger charge is -2.31. The minimum Gasteiger partial charge on any atom is -0.396 e. The second kappa shape index (κ2) is 3.92. The molecule has 0 saturated heterocycles. The van der Waals surface area contributed by atoms with Crippen molar-refractivity contribution in [3.8, 4) is 0 Å². The smallest absolute Gasteiger partial charge is 0.271 e. The summed E-state index contributed by atoms with van der Waals surface area (Å²) in [5, 5.41) is 9.25. The van der Waals surface area contributed by atoms with Crippen molar-refractivity contribution in [1.29, 1.82) is 0 Å². The molecule has 1 heterocycles. The highest BCUT2D eigenvalue weighted by Gasteiger charge is 2.25. The van der Waals surface area contributed by atoms with Gasteiger partial charge in [-0.1, -0.05) is 6.42 Å². The Hall–Kier alpha value is -1.52. The Morgan fingerprint density at radius 2 is 2.47 bits per heavy atom. The van der Waals surface area contributed by atoms with E-state index in [9.17, 15) is 4.79 Å². The molecule has 0 aliphatic heterocycles. The summed E-state index contributed by atoms with van der Waals surface area (Å²) in [4.78, 5) is 11.7. The molecule has 0 bridgehead atoms. The van der Waals surface area contributed by atoms with Crippen LogP contribution in [0.5, 0.6) is 0 Å². The summed E-state index contributed by atoms with van der Waals surface area (Å²) in [6.07, 6.45) is 5.14. The number of hydrogen-bond donors (Lipinski definition) is 3. The van der Waals surface area contributed by atoms with E-state index < -0.39 is 0 Å². The number of hydrogen-bond acceptors (Lipinski definition) is 3. The van der Waals surface area contributed by atoms with Gasteiger partial charge in [-0.05, 0) is 25.7 Å². The van der Waals surface area contributed by atoms with Crippen molar-refractivity contribution in [1.82, 2.24) is 15.5 Å². The first-order valence-electron chi connectivity index (χ1n) is 5.28. The zero-order chi connectivity index (χ0) is 10.8. The number of aromatic amines is 1. The van der Waals surface area contributed by atoms with Gasteiger partial charge in [-0.2, -0.15) is 5.10 Å². The molecule has 1 amide bonds. The van der Waals surface area contributed by atoms with Crippen molar-refractivity contribution < 1.29 is 4.79 Å². The van der Waals surface area contributed by atoms with Gasteiger partial charge in [0.1, 0.15) is 5.69 Å². The fourth-order valence-electron chi connectivity index (χ4n) is 1.81. The Kier molecular flexibility index (Phi) is 2.62. The fourth-order valence-corrected chi connectivity index (χ4v) is 1.81. The minimum absolute atomic E-state index is 0.163. The lowest BCUT2D eigenvalue weighted by atomic mass is 9.80. The standard InChI is InChI=1S/C10H16N4O/c1-6(7-3-2-4-7)13-10(15)9-8(11)5-12-14-9/h5-7H,2-4,11H2,1H3,(H,12,14)(H,13,15). The van der Waals surface area contributed by atoms with Crippen LogP contribution in [0.15, 0.2) is 6.20 Å². The molecule has 1 fully saturated rings. The molecule has 1 unspecified atom stereocenters. The van der Waals surface area contributed by atoms with Crippen LogP contribution in [0.2, 0.25) is 0 Å². The van der Waals surface area contributed by atoms with Gasteiger partial charge in [0.15, 0.2) is 0 Å². The van der Waals surface area contributed by atoms with Crippen LogP contribution >= 0.6 is 0 Å². The Balaban J connectivity index is 1.94. The summed E-state index contributed by atoms with van der Waals surface area (Å²) >= 11 is 0. The fraction of sp³-hybridized carbons (Fsp3) is 0.600. The molecule has 0 spiro atoms. The molecule has 1 aliphatic carbocycles. The molecule has 1 aromatic rings. The number of nitrogen functional groups attached to an aromatic ring is 1. The SMILES string of the molecule is CC(NC(=O)c1[nH]ncc1N)C1CCC1. The van der Waals surface area contributed by atoms with E-state index in [1.807, 2.05) is 6.92 Å². The van der Waals surface area contributed by atoms with Gasteiger partial charge in [0, 0.05) is 6.04 Å². The summed E-state index contributed by atoms with van der Waals surface area (Å²) in [5.74, 6) is 0.461. The zero-order valence-electron chi connectivity index (χ0n) is 8.79. The molecule has 5 nitrogen and oxygen atoms in total. The van der Waals surface area contributed by atoms with Crippen LogP contribution in [-0.4, -0.2) is 22.1 Å². The van der Waals surface area contributed by atoms with Gasteiger partial charge in [-0.3, -0.25) is 9.89 Å². The summed E-state index contributed by atoms with van der Waals surface area (Å²) < 4.78 is 0. The van der Waals surface area contributed by atoms with E-state index in [0.29, 0.717) is 17.3 Å². The average molecular weight is 208 g/mol. The van der Waals surface area contributed by atoms with Crippen LogP contribution in [-0.2, 0) is 0 Å². The molecule has 0 radical (unpaired) electrons. The van der Waals surface area contributed by atoms with E-state index in [1.165, 1.54) is 25.5 Å². The van der Waals surface area contributed by atoms with E-state index >= 15 is 0 Å². The van der Waals surface area contributed by atoms with Crippen molar-refractivity contribution in [2.24, 2.45) is 5.92 Å². The predicted molar refractivity (Wildman–Crippen MR) is 57.3 cm³/mol. The molecule has 2 rings (SSSR count). The molecule has 1 saturated carbocycles. The quantitative estimate of drug-likeness (QED) is 0.690.